The van der Waals surface area contributed by atoms with E-state index < -0.39 is 5.82 Å². The number of rotatable bonds is 6. The van der Waals surface area contributed by atoms with Crippen molar-refractivity contribution in [1.29, 1.82) is 0 Å². The van der Waals surface area contributed by atoms with Crippen molar-refractivity contribution in [3.8, 4) is 34.5 Å². The third kappa shape index (κ3) is 7.80. The zero-order valence-electron chi connectivity index (χ0n) is 24.0. The first kappa shape index (κ1) is 30.4. The number of phenols is 1. The molecule has 6 aromatic rings. The van der Waals surface area contributed by atoms with E-state index in [0.29, 0.717) is 28.6 Å². The maximum Gasteiger partial charge on any atom is 0.206 e. The van der Waals surface area contributed by atoms with Gasteiger partial charge in [-0.15, -0.1) is 0 Å². The molecular formula is C36H31FO6. The third-order valence-corrected chi connectivity index (χ3v) is 6.40. The van der Waals surface area contributed by atoms with Crippen LogP contribution in [0.25, 0.3) is 21.5 Å². The largest absolute Gasteiger partial charge is 0.508 e. The zero-order chi connectivity index (χ0) is 30.6. The summed E-state index contributed by atoms with van der Waals surface area (Å²) in [6.07, 6.45) is 0.763. The predicted octanol–water partition coefficient (Wildman–Crippen LogP) is 8.84. The Balaban J connectivity index is 0.000000162. The van der Waals surface area contributed by atoms with E-state index in [1.54, 1.807) is 43.5 Å². The average Bonchev–Trinajstić information content (AvgIpc) is 3.05. The molecule has 7 heteroatoms. The van der Waals surface area contributed by atoms with Crippen LogP contribution < -0.4 is 18.9 Å². The highest BCUT2D eigenvalue weighted by Gasteiger charge is 2.11. The van der Waals surface area contributed by atoms with Crippen molar-refractivity contribution in [2.75, 3.05) is 21.3 Å². The van der Waals surface area contributed by atoms with Gasteiger partial charge in [-0.25, -0.2) is 0 Å². The summed E-state index contributed by atoms with van der Waals surface area (Å²) in [6.45, 7) is 0. The van der Waals surface area contributed by atoms with Crippen molar-refractivity contribution >= 4 is 27.8 Å². The summed E-state index contributed by atoms with van der Waals surface area (Å²) in [6, 6.07) is 37.1. The second kappa shape index (κ2) is 14.9. The summed E-state index contributed by atoms with van der Waals surface area (Å²) in [7, 11) is 4.38. The predicted molar refractivity (Wildman–Crippen MR) is 168 cm³/mol. The Morgan fingerprint density at radius 2 is 1.09 bits per heavy atom. The Bertz CT molecular complexity index is 1800. The van der Waals surface area contributed by atoms with Gasteiger partial charge in [0.2, 0.25) is 5.82 Å². The lowest BCUT2D eigenvalue weighted by Crippen LogP contribution is -1.94. The van der Waals surface area contributed by atoms with Crippen molar-refractivity contribution in [2.45, 2.75) is 0 Å². The van der Waals surface area contributed by atoms with E-state index in [9.17, 15) is 9.18 Å². The van der Waals surface area contributed by atoms with Crippen LogP contribution in [0.5, 0.6) is 34.5 Å². The summed E-state index contributed by atoms with van der Waals surface area (Å²) in [5.41, 5.74) is 0.461. The molecule has 0 unspecified atom stereocenters. The smallest absolute Gasteiger partial charge is 0.206 e. The van der Waals surface area contributed by atoms with E-state index in [1.807, 2.05) is 72.8 Å². The molecule has 0 fully saturated rings. The molecule has 0 aliphatic rings. The van der Waals surface area contributed by atoms with E-state index in [4.69, 9.17) is 24.1 Å². The summed E-state index contributed by atoms with van der Waals surface area (Å²) < 4.78 is 33.6. The molecule has 0 atom stereocenters. The zero-order valence-corrected chi connectivity index (χ0v) is 24.0. The van der Waals surface area contributed by atoms with E-state index in [2.05, 4.69) is 0 Å². The molecule has 0 radical (unpaired) electrons. The van der Waals surface area contributed by atoms with Gasteiger partial charge in [-0.3, -0.25) is 4.79 Å². The number of para-hydroxylation sites is 1. The number of fused-ring (bicyclic) bond motifs is 2. The maximum absolute atomic E-state index is 13.0. The van der Waals surface area contributed by atoms with Crippen LogP contribution in [-0.2, 0) is 0 Å². The number of carbonyl (C=O) groups is 1. The minimum atomic E-state index is -0.461. The van der Waals surface area contributed by atoms with Gasteiger partial charge in [0.05, 0.1) is 26.9 Å². The first-order chi connectivity index (χ1) is 21.0. The van der Waals surface area contributed by atoms with Crippen molar-refractivity contribution in [1.82, 2.24) is 0 Å². The minimum Gasteiger partial charge on any atom is -0.508 e. The Morgan fingerprint density at radius 3 is 1.67 bits per heavy atom. The molecule has 0 aliphatic carbocycles. The summed E-state index contributed by atoms with van der Waals surface area (Å²) in [5, 5.41) is 13.6. The van der Waals surface area contributed by atoms with Crippen LogP contribution in [0.1, 0.15) is 10.4 Å². The molecule has 0 saturated carbocycles. The molecule has 0 heterocycles. The number of carbonyl (C=O) groups excluding carboxylic acids is 1. The van der Waals surface area contributed by atoms with E-state index >= 15 is 0 Å². The molecule has 0 bridgehead atoms. The van der Waals surface area contributed by atoms with Crippen LogP contribution in [0.2, 0.25) is 0 Å². The fourth-order valence-corrected chi connectivity index (χ4v) is 4.23. The highest BCUT2D eigenvalue weighted by atomic mass is 19.1. The molecule has 0 spiro atoms. The number of halogens is 1. The van der Waals surface area contributed by atoms with Gasteiger partial charge in [0, 0.05) is 0 Å². The van der Waals surface area contributed by atoms with Crippen LogP contribution >= 0.6 is 0 Å². The van der Waals surface area contributed by atoms with E-state index in [-0.39, 0.29) is 11.5 Å². The quantitative estimate of drug-likeness (QED) is 0.199. The fraction of sp³-hybridized carbons (Fsp3) is 0.0833. The number of methoxy groups -OCH3 is 3. The van der Waals surface area contributed by atoms with Gasteiger partial charge in [0.15, 0.2) is 29.3 Å². The molecule has 0 aliphatic heterocycles. The lowest BCUT2D eigenvalue weighted by atomic mass is 10.1. The Labute approximate surface area is 249 Å². The van der Waals surface area contributed by atoms with E-state index in [0.717, 1.165) is 27.8 Å². The standard InChI is InChI=1S/C18H14O3.C10H8O.C8H9FO2/c1-20-17-8-4-7-15(12-19)18(17)21-16-10-9-13-5-2-3-6-14(13)11-16;11-10-6-5-8-3-1-2-4-9(8)7-10;1-10-6-4-3-5-7(11-2)8(6)9/h2-12H,1H3;1-7,11H;3-5H,1-2H3. The lowest BCUT2D eigenvalue weighted by Gasteiger charge is -2.12. The number of aldehydes is 1. The molecule has 0 amide bonds. The van der Waals surface area contributed by atoms with Crippen LogP contribution in [0.3, 0.4) is 0 Å². The molecule has 6 aromatic carbocycles. The summed E-state index contributed by atoms with van der Waals surface area (Å²) in [5.74, 6) is 1.90. The number of ether oxygens (including phenoxy) is 4. The summed E-state index contributed by atoms with van der Waals surface area (Å²) in [4.78, 5) is 11.2. The van der Waals surface area contributed by atoms with Crippen LogP contribution in [0, 0.1) is 5.82 Å². The molecule has 218 valence electrons. The number of phenolic OH excluding ortho intramolecular Hbond substituents is 1. The van der Waals surface area contributed by atoms with Crippen molar-refractivity contribution in [3.05, 3.63) is 133 Å². The number of hydrogen-bond donors (Lipinski definition) is 1. The molecule has 6 rings (SSSR count). The number of aromatic hydroxyl groups is 1. The molecule has 1 N–H and O–H groups in total. The Hall–Kier alpha value is -5.56. The SMILES string of the molecule is COc1cccc(C=O)c1Oc1ccc2ccccc2c1.COc1cccc(OC)c1F.Oc1ccc2ccccc2c1. The first-order valence-corrected chi connectivity index (χ1v) is 13.3. The monoisotopic (exact) mass is 578 g/mol. The van der Waals surface area contributed by atoms with Gasteiger partial charge in [-0.05, 0) is 70.1 Å². The molecule has 43 heavy (non-hydrogen) atoms. The average molecular weight is 579 g/mol. The fourth-order valence-electron chi connectivity index (χ4n) is 4.23. The van der Waals surface area contributed by atoms with Gasteiger partial charge < -0.3 is 24.1 Å². The van der Waals surface area contributed by atoms with Crippen molar-refractivity contribution in [2.24, 2.45) is 0 Å². The Morgan fingerprint density at radius 1 is 0.581 bits per heavy atom. The molecule has 6 nitrogen and oxygen atoms in total. The number of benzene rings is 6. The van der Waals surface area contributed by atoms with Crippen molar-refractivity contribution in [3.63, 3.8) is 0 Å². The molecular weight excluding hydrogens is 547 g/mol. The normalized spacial score (nSPS) is 10.0. The molecule has 0 aromatic heterocycles. The summed E-state index contributed by atoms with van der Waals surface area (Å²) >= 11 is 0. The van der Waals surface area contributed by atoms with E-state index in [1.165, 1.54) is 26.4 Å². The minimum absolute atomic E-state index is 0.198. The van der Waals surface area contributed by atoms with Crippen LogP contribution in [0.15, 0.2) is 121 Å². The lowest BCUT2D eigenvalue weighted by molar-refractivity contribution is 0.112. The molecule has 0 saturated heterocycles. The van der Waals surface area contributed by atoms with Gasteiger partial charge in [-0.2, -0.15) is 4.39 Å². The highest BCUT2D eigenvalue weighted by molar-refractivity contribution is 5.85. The Kier molecular flexibility index (Phi) is 10.5. The van der Waals surface area contributed by atoms with Crippen molar-refractivity contribution < 1.29 is 33.2 Å². The second-order valence-corrected chi connectivity index (χ2v) is 9.12. The van der Waals surface area contributed by atoms with Crippen LogP contribution in [0.4, 0.5) is 4.39 Å². The maximum atomic E-state index is 13.0. The topological polar surface area (TPSA) is 74.2 Å². The first-order valence-electron chi connectivity index (χ1n) is 13.3. The van der Waals surface area contributed by atoms with Gasteiger partial charge >= 0.3 is 0 Å². The highest BCUT2D eigenvalue weighted by Crippen LogP contribution is 2.35. The van der Waals surface area contributed by atoms with Gasteiger partial charge in [0.25, 0.3) is 0 Å². The second-order valence-electron chi connectivity index (χ2n) is 9.12. The van der Waals surface area contributed by atoms with Crippen LogP contribution in [-0.4, -0.2) is 32.7 Å². The van der Waals surface area contributed by atoms with Gasteiger partial charge in [-0.1, -0.05) is 72.8 Å². The number of hydrogen-bond acceptors (Lipinski definition) is 6. The van der Waals surface area contributed by atoms with Gasteiger partial charge in [0.1, 0.15) is 11.5 Å². The third-order valence-electron chi connectivity index (χ3n) is 6.40.